The van der Waals surface area contributed by atoms with Crippen molar-refractivity contribution in [2.75, 3.05) is 0 Å². The third-order valence-electron chi connectivity index (χ3n) is 4.29. The van der Waals surface area contributed by atoms with Crippen LogP contribution in [0.15, 0.2) is 18.2 Å². The van der Waals surface area contributed by atoms with Gasteiger partial charge in [-0.2, -0.15) is 5.26 Å². The molecule has 0 N–H and O–H groups in total. The van der Waals surface area contributed by atoms with E-state index < -0.39 is 10.3 Å². The lowest BCUT2D eigenvalue weighted by atomic mass is 9.80. The Morgan fingerprint density at radius 1 is 1.60 bits per heavy atom. The van der Waals surface area contributed by atoms with Crippen molar-refractivity contribution in [2.45, 2.75) is 39.0 Å². The van der Waals surface area contributed by atoms with E-state index in [9.17, 15) is 15.4 Å². The second-order valence-electron chi connectivity index (χ2n) is 5.62. The highest BCUT2D eigenvalue weighted by Gasteiger charge is 2.40. The van der Waals surface area contributed by atoms with Gasteiger partial charge in [-0.05, 0) is 43.7 Å². The van der Waals surface area contributed by atoms with Crippen LogP contribution in [0.5, 0.6) is 0 Å². The number of benzene rings is 1. The topological polar surface area (TPSA) is 66.9 Å². The number of halogens is 1. The molecule has 20 heavy (non-hydrogen) atoms. The molecule has 2 atom stereocenters. The van der Waals surface area contributed by atoms with Crippen LogP contribution in [0.4, 0.5) is 5.69 Å². The Morgan fingerprint density at radius 3 is 2.90 bits per heavy atom. The van der Waals surface area contributed by atoms with E-state index in [1.807, 2.05) is 0 Å². The molecule has 4 nitrogen and oxygen atoms in total. The lowest BCUT2D eigenvalue weighted by Crippen LogP contribution is -2.18. The molecule has 0 spiro atoms. The van der Waals surface area contributed by atoms with Crippen LogP contribution in [-0.2, 0) is 6.42 Å². The average Bonchev–Trinajstić information content (AvgIpc) is 2.82. The molecule has 1 aromatic carbocycles. The van der Waals surface area contributed by atoms with E-state index in [4.69, 9.17) is 11.6 Å². The summed E-state index contributed by atoms with van der Waals surface area (Å²) in [5.41, 5.74) is 0.153. The highest BCUT2D eigenvalue weighted by molar-refractivity contribution is 6.30. The average molecular weight is 293 g/mol. The van der Waals surface area contributed by atoms with E-state index >= 15 is 0 Å². The third kappa shape index (κ3) is 2.94. The van der Waals surface area contributed by atoms with Crippen LogP contribution in [0.25, 0.3) is 0 Å². The summed E-state index contributed by atoms with van der Waals surface area (Å²) in [7, 11) is 0. The number of nitro groups is 1. The molecule has 0 heterocycles. The zero-order valence-corrected chi connectivity index (χ0v) is 12.2. The lowest BCUT2D eigenvalue weighted by Gasteiger charge is -2.21. The van der Waals surface area contributed by atoms with Gasteiger partial charge in [0.2, 0.25) is 0 Å². The summed E-state index contributed by atoms with van der Waals surface area (Å²) in [4.78, 5) is 10.7. The van der Waals surface area contributed by atoms with E-state index in [1.54, 1.807) is 6.07 Å². The van der Waals surface area contributed by atoms with E-state index in [1.165, 1.54) is 12.1 Å². The molecular formula is C15H17ClN2O2. The van der Waals surface area contributed by atoms with Crippen molar-refractivity contribution < 1.29 is 4.92 Å². The molecule has 1 saturated carbocycles. The molecule has 5 heteroatoms. The Labute approximate surface area is 123 Å². The summed E-state index contributed by atoms with van der Waals surface area (Å²) in [5, 5.41) is 21.1. The maximum absolute atomic E-state index is 11.1. The van der Waals surface area contributed by atoms with Crippen molar-refractivity contribution in [2.24, 2.45) is 11.3 Å². The van der Waals surface area contributed by atoms with Gasteiger partial charge in [-0.25, -0.2) is 0 Å². The molecule has 0 aliphatic heterocycles. The van der Waals surface area contributed by atoms with Crippen LogP contribution < -0.4 is 0 Å². The highest BCUT2D eigenvalue weighted by Crippen LogP contribution is 2.46. The second kappa shape index (κ2) is 5.80. The Bertz CT molecular complexity index is 567. The Kier molecular flexibility index (Phi) is 4.29. The van der Waals surface area contributed by atoms with Gasteiger partial charge < -0.3 is 0 Å². The minimum atomic E-state index is -0.476. The van der Waals surface area contributed by atoms with Gasteiger partial charge in [-0.15, -0.1) is 0 Å². The molecule has 0 saturated heterocycles. The minimum Gasteiger partial charge on any atom is -0.258 e. The van der Waals surface area contributed by atoms with Crippen LogP contribution in [0.1, 0.15) is 38.2 Å². The first kappa shape index (κ1) is 14.8. The zero-order chi connectivity index (χ0) is 14.8. The predicted molar refractivity (Wildman–Crippen MR) is 77.5 cm³/mol. The highest BCUT2D eigenvalue weighted by atomic mass is 35.5. The normalized spacial score (nSPS) is 25.4. The molecule has 1 aliphatic rings. The number of nitro benzene ring substituents is 1. The molecule has 106 valence electrons. The van der Waals surface area contributed by atoms with Crippen LogP contribution in [0.2, 0.25) is 5.02 Å². The standard InChI is InChI=1S/C15H17ClN2O2/c1-2-11-5-6-15(8-11,10-17)9-12-7-13(16)3-4-14(12)18(19)20/h3-4,7,11H,2,5-6,8-9H2,1H3. The fourth-order valence-corrected chi connectivity index (χ4v) is 3.32. The zero-order valence-electron chi connectivity index (χ0n) is 11.4. The van der Waals surface area contributed by atoms with Crippen LogP contribution in [0.3, 0.4) is 0 Å². The van der Waals surface area contributed by atoms with Crippen molar-refractivity contribution in [1.29, 1.82) is 5.26 Å². The van der Waals surface area contributed by atoms with Crippen molar-refractivity contribution >= 4 is 17.3 Å². The van der Waals surface area contributed by atoms with E-state index in [-0.39, 0.29) is 5.69 Å². The smallest absolute Gasteiger partial charge is 0.258 e. The Hall–Kier alpha value is -1.60. The quantitative estimate of drug-likeness (QED) is 0.605. The van der Waals surface area contributed by atoms with Crippen LogP contribution in [0, 0.1) is 32.8 Å². The van der Waals surface area contributed by atoms with Gasteiger partial charge in [0.25, 0.3) is 5.69 Å². The maximum Gasteiger partial charge on any atom is 0.272 e. The number of rotatable bonds is 4. The molecular weight excluding hydrogens is 276 g/mol. The van der Waals surface area contributed by atoms with E-state index in [2.05, 4.69) is 13.0 Å². The number of nitrogens with zero attached hydrogens (tertiary/aromatic N) is 2. The van der Waals surface area contributed by atoms with Crippen molar-refractivity contribution in [1.82, 2.24) is 0 Å². The van der Waals surface area contributed by atoms with Gasteiger partial charge in [-0.1, -0.05) is 24.9 Å². The van der Waals surface area contributed by atoms with Crippen molar-refractivity contribution in [3.8, 4) is 6.07 Å². The largest absolute Gasteiger partial charge is 0.272 e. The third-order valence-corrected chi connectivity index (χ3v) is 4.53. The van der Waals surface area contributed by atoms with Crippen LogP contribution >= 0.6 is 11.6 Å². The summed E-state index contributed by atoms with van der Waals surface area (Å²) >= 11 is 5.95. The van der Waals surface area contributed by atoms with E-state index in [0.29, 0.717) is 22.9 Å². The van der Waals surface area contributed by atoms with Crippen molar-refractivity contribution in [3.63, 3.8) is 0 Å². The van der Waals surface area contributed by atoms with Crippen molar-refractivity contribution in [3.05, 3.63) is 38.9 Å². The monoisotopic (exact) mass is 292 g/mol. The Balaban J connectivity index is 2.31. The molecule has 0 radical (unpaired) electrons. The summed E-state index contributed by atoms with van der Waals surface area (Å²) in [6.07, 6.45) is 4.13. The fourth-order valence-electron chi connectivity index (χ4n) is 3.13. The SMILES string of the molecule is CCC1CCC(C#N)(Cc2cc(Cl)ccc2[N+](=O)[O-])C1. The Morgan fingerprint density at radius 2 is 2.35 bits per heavy atom. The van der Waals surface area contributed by atoms with Gasteiger partial charge in [0.15, 0.2) is 0 Å². The van der Waals surface area contributed by atoms with Crippen LogP contribution in [-0.4, -0.2) is 4.92 Å². The van der Waals surface area contributed by atoms with E-state index in [0.717, 1.165) is 25.7 Å². The van der Waals surface area contributed by atoms with Gasteiger partial charge in [0.1, 0.15) is 0 Å². The fraction of sp³-hybridized carbons (Fsp3) is 0.533. The molecule has 1 aliphatic carbocycles. The molecule has 2 unspecified atom stereocenters. The van der Waals surface area contributed by atoms with Gasteiger partial charge in [0.05, 0.1) is 16.4 Å². The second-order valence-corrected chi connectivity index (χ2v) is 6.05. The van der Waals surface area contributed by atoms with Gasteiger partial charge in [-0.3, -0.25) is 10.1 Å². The summed E-state index contributed by atoms with van der Waals surface area (Å²) in [6, 6.07) is 6.98. The summed E-state index contributed by atoms with van der Waals surface area (Å²) in [5.74, 6) is 0.549. The molecule has 0 amide bonds. The molecule has 0 aromatic heterocycles. The predicted octanol–water partition coefficient (Wildman–Crippen LogP) is 4.51. The molecule has 0 bridgehead atoms. The number of hydrogen-bond acceptors (Lipinski definition) is 3. The van der Waals surface area contributed by atoms with Gasteiger partial charge >= 0.3 is 0 Å². The molecule has 1 aromatic rings. The first-order chi connectivity index (χ1) is 9.49. The molecule has 2 rings (SSSR count). The number of nitriles is 1. The van der Waals surface area contributed by atoms with Gasteiger partial charge in [0, 0.05) is 16.7 Å². The summed E-state index contributed by atoms with van der Waals surface area (Å²) in [6.45, 7) is 2.12. The first-order valence-electron chi connectivity index (χ1n) is 6.84. The summed E-state index contributed by atoms with van der Waals surface area (Å²) < 4.78 is 0. The first-order valence-corrected chi connectivity index (χ1v) is 7.21. The number of hydrogen-bond donors (Lipinski definition) is 0. The maximum atomic E-state index is 11.1. The molecule has 1 fully saturated rings. The minimum absolute atomic E-state index is 0.0592. The lowest BCUT2D eigenvalue weighted by molar-refractivity contribution is -0.385.